The van der Waals surface area contributed by atoms with E-state index in [0.717, 1.165) is 37.0 Å². The summed E-state index contributed by atoms with van der Waals surface area (Å²) in [5, 5.41) is 9.65. The summed E-state index contributed by atoms with van der Waals surface area (Å²) in [6, 6.07) is 0. The molecule has 152 valence electrons. The van der Waals surface area contributed by atoms with Gasteiger partial charge >= 0.3 is 11.9 Å². The minimum absolute atomic E-state index is 0.0986. The zero-order valence-corrected chi connectivity index (χ0v) is 16.8. The average Bonchev–Trinajstić information content (AvgIpc) is 2.53. The monoisotopic (exact) mass is 380 g/mol. The molecule has 0 saturated heterocycles. The van der Waals surface area contributed by atoms with Crippen LogP contribution >= 0.6 is 0 Å². The standard InChI is InChI=1S/C21H32O6/c1-13(19(24)26-27-20(2,3)4)25-12-17(18(22)23)11-21-8-14-5-15(9-21)7-16(6-14)10-21/h12-16H,5-11H2,1-4H3,(H,22,23). The second-order valence-electron chi connectivity index (χ2n) is 9.92. The summed E-state index contributed by atoms with van der Waals surface area (Å²) >= 11 is 0. The van der Waals surface area contributed by atoms with Crippen molar-refractivity contribution in [3.05, 3.63) is 11.8 Å². The molecule has 0 spiro atoms. The molecule has 0 aromatic rings. The van der Waals surface area contributed by atoms with Crippen molar-refractivity contribution < 1.29 is 29.2 Å². The average molecular weight is 380 g/mol. The van der Waals surface area contributed by atoms with E-state index in [1.54, 1.807) is 20.8 Å². The molecule has 4 aliphatic carbocycles. The van der Waals surface area contributed by atoms with Crippen molar-refractivity contribution in [1.82, 2.24) is 0 Å². The first kappa shape index (κ1) is 20.2. The van der Waals surface area contributed by atoms with Crippen molar-refractivity contribution in [1.29, 1.82) is 0 Å². The zero-order chi connectivity index (χ0) is 19.8. The Labute approximate surface area is 161 Å². The Balaban J connectivity index is 1.60. The molecule has 1 N–H and O–H groups in total. The Morgan fingerprint density at radius 1 is 1.11 bits per heavy atom. The lowest BCUT2D eigenvalue weighted by Gasteiger charge is -2.57. The third-order valence-corrected chi connectivity index (χ3v) is 6.13. The summed E-state index contributed by atoms with van der Waals surface area (Å²) in [4.78, 5) is 33.5. The molecule has 27 heavy (non-hydrogen) atoms. The zero-order valence-electron chi connectivity index (χ0n) is 16.8. The van der Waals surface area contributed by atoms with E-state index in [4.69, 9.17) is 14.5 Å². The van der Waals surface area contributed by atoms with E-state index >= 15 is 0 Å². The van der Waals surface area contributed by atoms with E-state index in [9.17, 15) is 14.7 Å². The van der Waals surface area contributed by atoms with Gasteiger partial charge in [0.15, 0.2) is 6.10 Å². The molecule has 0 radical (unpaired) electrons. The van der Waals surface area contributed by atoms with Gasteiger partial charge in [-0.05, 0) is 95.8 Å². The van der Waals surface area contributed by atoms with E-state index in [1.807, 2.05) is 0 Å². The van der Waals surface area contributed by atoms with Gasteiger partial charge in [0.2, 0.25) is 0 Å². The Hall–Kier alpha value is -1.56. The highest BCUT2D eigenvalue weighted by atomic mass is 17.2. The van der Waals surface area contributed by atoms with Crippen LogP contribution in [0.2, 0.25) is 0 Å². The highest BCUT2D eigenvalue weighted by molar-refractivity contribution is 5.86. The van der Waals surface area contributed by atoms with Crippen LogP contribution in [0.25, 0.3) is 0 Å². The normalized spacial score (nSPS) is 33.6. The Morgan fingerprint density at radius 3 is 2.07 bits per heavy atom. The molecule has 4 bridgehead atoms. The van der Waals surface area contributed by atoms with Gasteiger partial charge in [-0.15, -0.1) is 0 Å². The van der Waals surface area contributed by atoms with Crippen molar-refractivity contribution >= 4 is 11.9 Å². The molecule has 4 aliphatic rings. The summed E-state index contributed by atoms with van der Waals surface area (Å²) in [7, 11) is 0. The van der Waals surface area contributed by atoms with Gasteiger partial charge in [-0.3, -0.25) is 4.89 Å². The maximum Gasteiger partial charge on any atom is 0.382 e. The van der Waals surface area contributed by atoms with Crippen LogP contribution in [-0.2, 0) is 24.1 Å². The lowest BCUT2D eigenvalue weighted by Crippen LogP contribution is -2.46. The first-order valence-electron chi connectivity index (χ1n) is 10.0. The van der Waals surface area contributed by atoms with Gasteiger partial charge in [-0.1, -0.05) is 0 Å². The molecule has 0 heterocycles. The first-order valence-corrected chi connectivity index (χ1v) is 10.0. The fraction of sp³-hybridized carbons (Fsp3) is 0.810. The smallest absolute Gasteiger partial charge is 0.382 e. The van der Waals surface area contributed by atoms with Gasteiger partial charge < -0.3 is 9.84 Å². The second-order valence-corrected chi connectivity index (χ2v) is 9.92. The maximum atomic E-state index is 11.9. The molecule has 6 nitrogen and oxygen atoms in total. The summed E-state index contributed by atoms with van der Waals surface area (Å²) in [5.74, 6) is 0.625. The summed E-state index contributed by atoms with van der Waals surface area (Å²) in [5.41, 5.74) is -0.273. The van der Waals surface area contributed by atoms with E-state index in [1.165, 1.54) is 32.4 Å². The maximum absolute atomic E-state index is 11.9. The molecular formula is C21H32O6. The summed E-state index contributed by atoms with van der Waals surface area (Å²) in [6.07, 6.45) is 8.16. The van der Waals surface area contributed by atoms with Gasteiger partial charge in [0.25, 0.3) is 0 Å². The van der Waals surface area contributed by atoms with Crippen molar-refractivity contribution in [3.63, 3.8) is 0 Å². The van der Waals surface area contributed by atoms with Gasteiger partial charge in [-0.25, -0.2) is 9.59 Å². The predicted octanol–water partition coefficient (Wildman–Crippen LogP) is 4.24. The number of aliphatic carboxylic acids is 1. The third-order valence-electron chi connectivity index (χ3n) is 6.13. The summed E-state index contributed by atoms with van der Waals surface area (Å²) in [6.45, 7) is 6.81. The minimum atomic E-state index is -0.975. The number of carboxylic acid groups (broad SMARTS) is 1. The minimum Gasteiger partial charge on any atom is -0.486 e. The Kier molecular flexibility index (Phi) is 5.57. The van der Waals surface area contributed by atoms with Crippen molar-refractivity contribution in [2.24, 2.45) is 23.2 Å². The van der Waals surface area contributed by atoms with E-state index in [2.05, 4.69) is 0 Å². The number of carbonyl (C=O) groups excluding carboxylic acids is 1. The van der Waals surface area contributed by atoms with Crippen molar-refractivity contribution in [3.8, 4) is 0 Å². The molecule has 6 heteroatoms. The van der Waals surface area contributed by atoms with Crippen LogP contribution in [0.4, 0.5) is 0 Å². The van der Waals surface area contributed by atoms with Gasteiger partial charge in [-0.2, -0.15) is 4.89 Å². The molecular weight excluding hydrogens is 348 g/mol. The van der Waals surface area contributed by atoms with Crippen LogP contribution < -0.4 is 0 Å². The number of rotatable bonds is 7. The third kappa shape index (κ3) is 5.03. The van der Waals surface area contributed by atoms with Gasteiger partial charge in [0.05, 0.1) is 11.8 Å². The van der Waals surface area contributed by atoms with E-state index in [0.29, 0.717) is 6.42 Å². The quantitative estimate of drug-likeness (QED) is 0.308. The highest BCUT2D eigenvalue weighted by Gasteiger charge is 2.51. The van der Waals surface area contributed by atoms with Crippen LogP contribution in [0.3, 0.4) is 0 Å². The van der Waals surface area contributed by atoms with Crippen LogP contribution in [0.1, 0.15) is 72.6 Å². The molecule has 4 fully saturated rings. The number of hydrogen-bond donors (Lipinski definition) is 1. The lowest BCUT2D eigenvalue weighted by molar-refractivity contribution is -0.324. The lowest BCUT2D eigenvalue weighted by atomic mass is 9.48. The van der Waals surface area contributed by atoms with E-state index < -0.39 is 23.6 Å². The molecule has 0 aromatic carbocycles. The number of carboxylic acids is 1. The van der Waals surface area contributed by atoms with Gasteiger partial charge in [0.1, 0.15) is 5.60 Å². The second kappa shape index (κ2) is 7.46. The molecule has 0 amide bonds. The molecule has 0 aliphatic heterocycles. The van der Waals surface area contributed by atoms with Crippen LogP contribution in [0.5, 0.6) is 0 Å². The van der Waals surface area contributed by atoms with Crippen molar-refractivity contribution in [2.75, 3.05) is 0 Å². The SMILES string of the molecule is CC(OC=C(CC12CC3CC(CC(C3)C1)C2)C(=O)O)C(=O)OOC(C)(C)C. The predicted molar refractivity (Wildman–Crippen MR) is 98.4 cm³/mol. The Bertz CT molecular complexity index is 579. The van der Waals surface area contributed by atoms with Gasteiger partial charge in [0, 0.05) is 0 Å². The fourth-order valence-electron chi connectivity index (χ4n) is 5.55. The van der Waals surface area contributed by atoms with Crippen LogP contribution in [0.15, 0.2) is 11.8 Å². The largest absolute Gasteiger partial charge is 0.486 e. The first-order chi connectivity index (χ1) is 12.6. The molecule has 0 aromatic heterocycles. The molecule has 1 unspecified atom stereocenters. The number of carbonyl (C=O) groups is 2. The highest BCUT2D eigenvalue weighted by Crippen LogP contribution is 2.62. The molecule has 4 saturated carbocycles. The molecule has 1 atom stereocenters. The number of hydrogen-bond acceptors (Lipinski definition) is 5. The Morgan fingerprint density at radius 2 is 1.63 bits per heavy atom. The van der Waals surface area contributed by atoms with Crippen LogP contribution in [0, 0.1) is 23.2 Å². The van der Waals surface area contributed by atoms with Crippen molar-refractivity contribution in [2.45, 2.75) is 84.3 Å². The molecule has 4 rings (SSSR count). The number of ether oxygens (including phenoxy) is 1. The summed E-state index contributed by atoms with van der Waals surface area (Å²) < 4.78 is 5.41. The topological polar surface area (TPSA) is 82.1 Å². The fourth-order valence-corrected chi connectivity index (χ4v) is 5.55. The van der Waals surface area contributed by atoms with Crippen LogP contribution in [-0.4, -0.2) is 28.8 Å². The van der Waals surface area contributed by atoms with E-state index in [-0.39, 0.29) is 11.0 Å².